The Morgan fingerprint density at radius 1 is 1.32 bits per heavy atom. The molecular weight excluding hydrogens is 238 g/mol. The molecule has 0 saturated carbocycles. The second kappa shape index (κ2) is 7.25. The lowest BCUT2D eigenvalue weighted by atomic mass is 9.98. The molecule has 110 valence electrons. The van der Waals surface area contributed by atoms with E-state index in [4.69, 9.17) is 0 Å². The number of hydrogen-bond acceptors (Lipinski definition) is 3. The Kier molecular flexibility index (Phi) is 5.64. The number of rotatable bonds is 4. The molecule has 19 heavy (non-hydrogen) atoms. The number of carbonyl (C=O) groups excluding carboxylic acids is 1. The summed E-state index contributed by atoms with van der Waals surface area (Å²) in [5.41, 5.74) is 0. The number of piperidine rings is 2. The van der Waals surface area contributed by atoms with E-state index in [2.05, 4.69) is 29.1 Å². The maximum absolute atomic E-state index is 12.2. The summed E-state index contributed by atoms with van der Waals surface area (Å²) in [6.45, 7) is 8.10. The number of likely N-dealkylation sites (N-methyl/N-ethyl adjacent to an activating group) is 1. The molecule has 0 aromatic carbocycles. The van der Waals surface area contributed by atoms with E-state index in [9.17, 15) is 4.79 Å². The highest BCUT2D eigenvalue weighted by molar-refractivity contribution is 5.78. The van der Waals surface area contributed by atoms with Gasteiger partial charge in [0.2, 0.25) is 5.91 Å². The van der Waals surface area contributed by atoms with Gasteiger partial charge in [0.1, 0.15) is 0 Å². The van der Waals surface area contributed by atoms with Crippen molar-refractivity contribution in [2.75, 3.05) is 46.3 Å². The monoisotopic (exact) mass is 267 g/mol. The van der Waals surface area contributed by atoms with E-state index in [1.165, 1.54) is 25.7 Å². The molecule has 2 aliphatic rings. The van der Waals surface area contributed by atoms with Crippen LogP contribution in [0.3, 0.4) is 0 Å². The second-order valence-corrected chi connectivity index (χ2v) is 6.47. The normalized spacial score (nSPS) is 25.8. The highest BCUT2D eigenvalue weighted by atomic mass is 16.2. The van der Waals surface area contributed by atoms with Crippen molar-refractivity contribution in [3.63, 3.8) is 0 Å². The van der Waals surface area contributed by atoms with E-state index >= 15 is 0 Å². The van der Waals surface area contributed by atoms with Crippen LogP contribution in [0.25, 0.3) is 0 Å². The molecule has 2 heterocycles. The Bertz CT molecular complexity index is 281. The van der Waals surface area contributed by atoms with E-state index in [-0.39, 0.29) is 0 Å². The average molecular weight is 267 g/mol. The summed E-state index contributed by atoms with van der Waals surface area (Å²) in [7, 11) is 2.08. The van der Waals surface area contributed by atoms with Crippen molar-refractivity contribution in [3.05, 3.63) is 0 Å². The Morgan fingerprint density at radius 3 is 2.68 bits per heavy atom. The SMILES string of the molecule is CC1CCN(C(=O)CN(C)CC2CCCNC2)CC1. The zero-order valence-corrected chi connectivity index (χ0v) is 12.5. The molecule has 4 nitrogen and oxygen atoms in total. The predicted octanol–water partition coefficient (Wildman–Crippen LogP) is 1.18. The van der Waals surface area contributed by atoms with Gasteiger partial charge in [-0.05, 0) is 57.7 Å². The van der Waals surface area contributed by atoms with E-state index in [0.29, 0.717) is 18.4 Å². The fraction of sp³-hybridized carbons (Fsp3) is 0.933. The Morgan fingerprint density at radius 2 is 2.05 bits per heavy atom. The predicted molar refractivity (Wildman–Crippen MR) is 78.1 cm³/mol. The second-order valence-electron chi connectivity index (χ2n) is 6.47. The van der Waals surface area contributed by atoms with Gasteiger partial charge in [0, 0.05) is 19.6 Å². The summed E-state index contributed by atoms with van der Waals surface area (Å²) < 4.78 is 0. The average Bonchev–Trinajstić information content (AvgIpc) is 2.40. The van der Waals surface area contributed by atoms with E-state index in [0.717, 1.165) is 38.6 Å². The van der Waals surface area contributed by atoms with Crippen LogP contribution in [0.2, 0.25) is 0 Å². The molecule has 1 atom stereocenters. The number of likely N-dealkylation sites (tertiary alicyclic amines) is 1. The molecule has 1 N–H and O–H groups in total. The molecule has 2 aliphatic heterocycles. The van der Waals surface area contributed by atoms with Crippen LogP contribution >= 0.6 is 0 Å². The number of amides is 1. The summed E-state index contributed by atoms with van der Waals surface area (Å²) in [4.78, 5) is 16.5. The van der Waals surface area contributed by atoms with Crippen LogP contribution in [0.4, 0.5) is 0 Å². The molecule has 4 heteroatoms. The van der Waals surface area contributed by atoms with E-state index in [1.54, 1.807) is 0 Å². The largest absolute Gasteiger partial charge is 0.342 e. The smallest absolute Gasteiger partial charge is 0.236 e. The fourth-order valence-corrected chi connectivity index (χ4v) is 3.17. The van der Waals surface area contributed by atoms with Gasteiger partial charge in [0.25, 0.3) is 0 Å². The maximum atomic E-state index is 12.2. The summed E-state index contributed by atoms with van der Waals surface area (Å²) in [5, 5.41) is 3.44. The minimum Gasteiger partial charge on any atom is -0.342 e. The molecule has 2 saturated heterocycles. The summed E-state index contributed by atoms with van der Waals surface area (Å²) in [6, 6.07) is 0. The minimum absolute atomic E-state index is 0.318. The lowest BCUT2D eigenvalue weighted by Gasteiger charge is -2.32. The molecule has 2 fully saturated rings. The first-order valence-electron chi connectivity index (χ1n) is 7.82. The van der Waals surface area contributed by atoms with Crippen LogP contribution in [0.5, 0.6) is 0 Å². The van der Waals surface area contributed by atoms with Crippen molar-refractivity contribution < 1.29 is 4.79 Å². The maximum Gasteiger partial charge on any atom is 0.236 e. The third-order valence-electron chi connectivity index (χ3n) is 4.51. The number of carbonyl (C=O) groups is 1. The fourth-order valence-electron chi connectivity index (χ4n) is 3.17. The van der Waals surface area contributed by atoms with Gasteiger partial charge >= 0.3 is 0 Å². The van der Waals surface area contributed by atoms with Crippen LogP contribution in [-0.4, -0.2) is 62.0 Å². The highest BCUT2D eigenvalue weighted by Crippen LogP contribution is 2.16. The molecular formula is C15H29N3O. The highest BCUT2D eigenvalue weighted by Gasteiger charge is 2.22. The summed E-state index contributed by atoms with van der Waals surface area (Å²) >= 11 is 0. The lowest BCUT2D eigenvalue weighted by Crippen LogP contribution is -2.45. The molecule has 0 aliphatic carbocycles. The molecule has 0 spiro atoms. The van der Waals surface area contributed by atoms with Crippen LogP contribution in [0.1, 0.15) is 32.6 Å². The van der Waals surface area contributed by atoms with Crippen LogP contribution in [0, 0.1) is 11.8 Å². The van der Waals surface area contributed by atoms with Gasteiger partial charge in [-0.1, -0.05) is 6.92 Å². The summed E-state index contributed by atoms with van der Waals surface area (Å²) in [6.07, 6.45) is 4.91. The number of nitrogens with one attached hydrogen (secondary N) is 1. The molecule has 0 bridgehead atoms. The van der Waals surface area contributed by atoms with Gasteiger partial charge in [0.15, 0.2) is 0 Å². The topological polar surface area (TPSA) is 35.6 Å². The molecule has 1 unspecified atom stereocenters. The van der Waals surface area contributed by atoms with Gasteiger partial charge in [-0.2, -0.15) is 0 Å². The molecule has 1 amide bonds. The Balaban J connectivity index is 1.69. The first kappa shape index (κ1) is 14.8. The molecule has 0 aromatic rings. The molecule has 2 rings (SSSR count). The first-order chi connectivity index (χ1) is 9.15. The van der Waals surface area contributed by atoms with Crippen LogP contribution in [0.15, 0.2) is 0 Å². The van der Waals surface area contributed by atoms with E-state index < -0.39 is 0 Å². The standard InChI is InChI=1S/C15H29N3O/c1-13-5-8-18(9-6-13)15(19)12-17(2)11-14-4-3-7-16-10-14/h13-14,16H,3-12H2,1-2H3. The molecule has 0 aromatic heterocycles. The first-order valence-corrected chi connectivity index (χ1v) is 7.82. The number of nitrogens with zero attached hydrogens (tertiary/aromatic N) is 2. The quantitative estimate of drug-likeness (QED) is 0.831. The van der Waals surface area contributed by atoms with Crippen molar-refractivity contribution in [3.8, 4) is 0 Å². The minimum atomic E-state index is 0.318. The van der Waals surface area contributed by atoms with Gasteiger partial charge in [-0.15, -0.1) is 0 Å². The Labute approximate surface area is 117 Å². The van der Waals surface area contributed by atoms with Crippen LogP contribution < -0.4 is 5.32 Å². The van der Waals surface area contributed by atoms with Crippen LogP contribution in [-0.2, 0) is 4.79 Å². The third kappa shape index (κ3) is 4.77. The Hall–Kier alpha value is -0.610. The van der Waals surface area contributed by atoms with Gasteiger partial charge in [-0.25, -0.2) is 0 Å². The van der Waals surface area contributed by atoms with Gasteiger partial charge in [-0.3, -0.25) is 9.69 Å². The zero-order chi connectivity index (χ0) is 13.7. The summed E-state index contributed by atoms with van der Waals surface area (Å²) in [5.74, 6) is 1.82. The number of hydrogen-bond donors (Lipinski definition) is 1. The van der Waals surface area contributed by atoms with Crippen molar-refractivity contribution in [1.82, 2.24) is 15.1 Å². The lowest BCUT2D eigenvalue weighted by molar-refractivity contribution is -0.133. The van der Waals surface area contributed by atoms with Crippen molar-refractivity contribution in [2.45, 2.75) is 32.6 Å². The zero-order valence-electron chi connectivity index (χ0n) is 12.5. The van der Waals surface area contributed by atoms with Crippen molar-refractivity contribution in [1.29, 1.82) is 0 Å². The van der Waals surface area contributed by atoms with Crippen molar-refractivity contribution in [2.24, 2.45) is 11.8 Å². The van der Waals surface area contributed by atoms with Crippen molar-refractivity contribution >= 4 is 5.91 Å². The third-order valence-corrected chi connectivity index (χ3v) is 4.51. The van der Waals surface area contributed by atoms with E-state index in [1.807, 2.05) is 0 Å². The van der Waals surface area contributed by atoms with Gasteiger partial charge < -0.3 is 10.2 Å². The van der Waals surface area contributed by atoms with Gasteiger partial charge in [0.05, 0.1) is 6.54 Å². The molecule has 0 radical (unpaired) electrons.